The number of piperazine rings is 1. The van der Waals surface area contributed by atoms with E-state index < -0.39 is 0 Å². The van der Waals surface area contributed by atoms with Crippen LogP contribution in [0.25, 0.3) is 0 Å². The van der Waals surface area contributed by atoms with Gasteiger partial charge in [0, 0.05) is 37.8 Å². The molecule has 8 nitrogen and oxygen atoms in total. The van der Waals surface area contributed by atoms with Crippen molar-refractivity contribution in [2.45, 2.75) is 6.92 Å². The molecule has 0 unspecified atom stereocenters. The number of carbonyl (C=O) groups is 1. The zero-order valence-electron chi connectivity index (χ0n) is 14.6. The van der Waals surface area contributed by atoms with Crippen LogP contribution in [0.4, 0.5) is 5.82 Å². The molecule has 0 radical (unpaired) electrons. The first-order valence-electron chi connectivity index (χ1n) is 8.65. The zero-order valence-corrected chi connectivity index (χ0v) is 14.6. The highest BCUT2D eigenvalue weighted by Crippen LogP contribution is 2.32. The summed E-state index contributed by atoms with van der Waals surface area (Å²) in [6, 6.07) is 9.01. The zero-order chi connectivity index (χ0) is 17.9. The first kappa shape index (κ1) is 16.4. The van der Waals surface area contributed by atoms with E-state index in [1.165, 1.54) is 0 Å². The van der Waals surface area contributed by atoms with Crippen LogP contribution in [0.2, 0.25) is 0 Å². The number of nitrogens with zero attached hydrogens (tertiary/aromatic N) is 4. The van der Waals surface area contributed by atoms with Crippen LogP contribution >= 0.6 is 0 Å². The number of hydrogen-bond donors (Lipinski definition) is 0. The number of amides is 1. The SMILES string of the molecule is CCOc1ccc(N2CCN(C(=O)c3ccc4c(c3)OCO4)CC2)nn1. The summed E-state index contributed by atoms with van der Waals surface area (Å²) in [5, 5.41) is 8.26. The lowest BCUT2D eigenvalue weighted by Gasteiger charge is -2.35. The molecule has 2 aliphatic heterocycles. The normalized spacial score (nSPS) is 15.9. The summed E-state index contributed by atoms with van der Waals surface area (Å²) in [7, 11) is 0. The van der Waals surface area contributed by atoms with Gasteiger partial charge in [0.2, 0.25) is 12.7 Å². The Bertz CT molecular complexity index is 788. The fourth-order valence-electron chi connectivity index (χ4n) is 3.06. The quantitative estimate of drug-likeness (QED) is 0.823. The van der Waals surface area contributed by atoms with Crippen molar-refractivity contribution in [1.29, 1.82) is 0 Å². The highest BCUT2D eigenvalue weighted by atomic mass is 16.7. The van der Waals surface area contributed by atoms with E-state index in [-0.39, 0.29) is 12.7 Å². The molecule has 1 saturated heterocycles. The van der Waals surface area contributed by atoms with Crippen molar-refractivity contribution in [3.05, 3.63) is 35.9 Å². The molecule has 3 heterocycles. The lowest BCUT2D eigenvalue weighted by Crippen LogP contribution is -2.49. The van der Waals surface area contributed by atoms with Crippen LogP contribution in [0.15, 0.2) is 30.3 Å². The number of ether oxygens (including phenoxy) is 3. The van der Waals surface area contributed by atoms with Gasteiger partial charge in [0.15, 0.2) is 17.3 Å². The Morgan fingerprint density at radius 1 is 1.08 bits per heavy atom. The van der Waals surface area contributed by atoms with Crippen LogP contribution in [0.3, 0.4) is 0 Å². The van der Waals surface area contributed by atoms with Gasteiger partial charge < -0.3 is 24.0 Å². The molecule has 1 aromatic heterocycles. The second-order valence-corrected chi connectivity index (χ2v) is 6.01. The lowest BCUT2D eigenvalue weighted by atomic mass is 10.1. The molecular formula is C18H20N4O4. The maximum Gasteiger partial charge on any atom is 0.254 e. The van der Waals surface area contributed by atoms with E-state index in [1.54, 1.807) is 18.2 Å². The summed E-state index contributed by atoms with van der Waals surface area (Å²) in [5.41, 5.74) is 0.614. The third kappa shape index (κ3) is 3.22. The maximum absolute atomic E-state index is 12.7. The van der Waals surface area contributed by atoms with Crippen molar-refractivity contribution in [3.63, 3.8) is 0 Å². The minimum atomic E-state index is 0.000674. The molecular weight excluding hydrogens is 336 g/mol. The van der Waals surface area contributed by atoms with E-state index in [1.807, 2.05) is 24.0 Å². The van der Waals surface area contributed by atoms with Gasteiger partial charge >= 0.3 is 0 Å². The first-order chi connectivity index (χ1) is 12.7. The third-order valence-electron chi connectivity index (χ3n) is 4.43. The standard InChI is InChI=1S/C18H20N4O4/c1-2-24-17-6-5-16(19-20-17)21-7-9-22(10-8-21)18(23)13-3-4-14-15(11-13)26-12-25-14/h3-6,11H,2,7-10,12H2,1H3. The molecule has 0 N–H and O–H groups in total. The number of fused-ring (bicyclic) bond motifs is 1. The molecule has 8 heteroatoms. The highest BCUT2D eigenvalue weighted by Gasteiger charge is 2.24. The van der Waals surface area contributed by atoms with Gasteiger partial charge in [-0.1, -0.05) is 0 Å². The monoisotopic (exact) mass is 356 g/mol. The van der Waals surface area contributed by atoms with Crippen LogP contribution in [0.1, 0.15) is 17.3 Å². The van der Waals surface area contributed by atoms with Crippen molar-refractivity contribution >= 4 is 11.7 Å². The average molecular weight is 356 g/mol. The van der Waals surface area contributed by atoms with E-state index in [4.69, 9.17) is 14.2 Å². The smallest absolute Gasteiger partial charge is 0.254 e. The minimum Gasteiger partial charge on any atom is -0.477 e. The summed E-state index contributed by atoms with van der Waals surface area (Å²) >= 11 is 0. The molecule has 1 amide bonds. The largest absolute Gasteiger partial charge is 0.477 e. The number of hydrogen-bond acceptors (Lipinski definition) is 7. The number of benzene rings is 1. The third-order valence-corrected chi connectivity index (χ3v) is 4.43. The van der Waals surface area contributed by atoms with Crippen molar-refractivity contribution in [3.8, 4) is 17.4 Å². The van der Waals surface area contributed by atoms with Gasteiger partial charge in [-0.15, -0.1) is 10.2 Å². The van der Waals surface area contributed by atoms with Gasteiger partial charge in [0.05, 0.1) is 6.61 Å². The molecule has 0 atom stereocenters. The average Bonchev–Trinajstić information content (AvgIpc) is 3.16. The molecule has 0 spiro atoms. The Morgan fingerprint density at radius 2 is 1.88 bits per heavy atom. The Morgan fingerprint density at radius 3 is 2.62 bits per heavy atom. The fraction of sp³-hybridized carbons (Fsp3) is 0.389. The number of aromatic nitrogens is 2. The summed E-state index contributed by atoms with van der Waals surface area (Å²) in [4.78, 5) is 16.7. The summed E-state index contributed by atoms with van der Waals surface area (Å²) in [6.07, 6.45) is 0. The summed E-state index contributed by atoms with van der Waals surface area (Å²) in [6.45, 7) is 5.34. The van der Waals surface area contributed by atoms with E-state index in [9.17, 15) is 4.79 Å². The van der Waals surface area contributed by atoms with Gasteiger partial charge in [-0.05, 0) is 31.2 Å². The van der Waals surface area contributed by atoms with Crippen molar-refractivity contribution in [2.24, 2.45) is 0 Å². The van der Waals surface area contributed by atoms with Crippen molar-refractivity contribution in [2.75, 3.05) is 44.5 Å². The Hall–Kier alpha value is -3.03. The number of carbonyl (C=O) groups excluding carboxylic acids is 1. The van der Waals surface area contributed by atoms with Crippen molar-refractivity contribution in [1.82, 2.24) is 15.1 Å². The van der Waals surface area contributed by atoms with Gasteiger partial charge in [-0.2, -0.15) is 0 Å². The molecule has 1 fully saturated rings. The van der Waals surface area contributed by atoms with Crippen LogP contribution < -0.4 is 19.1 Å². The fourth-order valence-corrected chi connectivity index (χ4v) is 3.06. The Kier molecular flexibility index (Phi) is 4.47. The molecule has 0 aliphatic carbocycles. The van der Waals surface area contributed by atoms with Crippen LogP contribution in [0.5, 0.6) is 17.4 Å². The molecule has 4 rings (SSSR count). The van der Waals surface area contributed by atoms with Gasteiger partial charge in [0.25, 0.3) is 5.91 Å². The molecule has 0 saturated carbocycles. The molecule has 136 valence electrons. The van der Waals surface area contributed by atoms with Gasteiger partial charge in [-0.3, -0.25) is 4.79 Å². The summed E-state index contributed by atoms with van der Waals surface area (Å²) < 4.78 is 16.0. The predicted molar refractivity (Wildman–Crippen MR) is 93.9 cm³/mol. The molecule has 2 aromatic rings. The van der Waals surface area contributed by atoms with Gasteiger partial charge in [0.1, 0.15) is 0 Å². The van der Waals surface area contributed by atoms with Crippen LogP contribution in [-0.4, -0.2) is 60.6 Å². The lowest BCUT2D eigenvalue weighted by molar-refractivity contribution is 0.0746. The minimum absolute atomic E-state index is 0.000674. The predicted octanol–water partition coefficient (Wildman–Crippen LogP) is 1.57. The van der Waals surface area contributed by atoms with E-state index in [0.717, 1.165) is 5.82 Å². The topological polar surface area (TPSA) is 77.0 Å². The molecule has 26 heavy (non-hydrogen) atoms. The maximum atomic E-state index is 12.7. The second kappa shape index (κ2) is 7.07. The van der Waals surface area contributed by atoms with Crippen LogP contribution in [0, 0.1) is 0 Å². The van der Waals surface area contributed by atoms with E-state index in [0.29, 0.717) is 55.7 Å². The Balaban J connectivity index is 1.37. The van der Waals surface area contributed by atoms with Gasteiger partial charge in [-0.25, -0.2) is 0 Å². The molecule has 0 bridgehead atoms. The van der Waals surface area contributed by atoms with Crippen molar-refractivity contribution < 1.29 is 19.0 Å². The molecule has 1 aromatic carbocycles. The summed E-state index contributed by atoms with van der Waals surface area (Å²) in [5.74, 6) is 2.62. The van der Waals surface area contributed by atoms with E-state index in [2.05, 4.69) is 15.1 Å². The molecule has 2 aliphatic rings. The number of anilines is 1. The van der Waals surface area contributed by atoms with E-state index >= 15 is 0 Å². The Labute approximate surface area is 151 Å². The number of rotatable bonds is 4. The van der Waals surface area contributed by atoms with Crippen LogP contribution in [-0.2, 0) is 0 Å². The second-order valence-electron chi connectivity index (χ2n) is 6.01. The highest BCUT2D eigenvalue weighted by molar-refractivity contribution is 5.95. The first-order valence-corrected chi connectivity index (χ1v) is 8.65.